The normalized spacial score (nSPS) is 19.9. The van der Waals surface area contributed by atoms with Gasteiger partial charge in [-0.1, -0.05) is 20.8 Å². The summed E-state index contributed by atoms with van der Waals surface area (Å²) in [5, 5.41) is 12.9. The average molecular weight is 330 g/mol. The maximum atomic E-state index is 11.4. The molecular formula is C13H16BrNO2S. The van der Waals surface area contributed by atoms with Gasteiger partial charge in [0.25, 0.3) is 5.91 Å². The maximum absolute atomic E-state index is 11.4. The minimum atomic E-state index is -1.04. The number of thioether (sulfide) groups is 1. The molecule has 0 saturated carbocycles. The standard InChI is InChI=1S/C13H16BrNO2S/c1-6(2)7(3)18-11-5-10-8(4-9(11)14)12(16)13(17)15-10/h4-7,12,16H,1-3H3,(H,15,17). The molecule has 1 aliphatic rings. The second-order valence-corrected chi connectivity index (χ2v) is 7.10. The van der Waals surface area contributed by atoms with Crippen molar-refractivity contribution in [1.82, 2.24) is 0 Å². The number of aliphatic hydroxyl groups is 1. The van der Waals surface area contributed by atoms with Crippen LogP contribution in [-0.2, 0) is 4.79 Å². The molecule has 18 heavy (non-hydrogen) atoms. The van der Waals surface area contributed by atoms with E-state index in [4.69, 9.17) is 0 Å². The van der Waals surface area contributed by atoms with Crippen LogP contribution in [0.3, 0.4) is 0 Å². The fourth-order valence-corrected chi connectivity index (χ4v) is 3.34. The van der Waals surface area contributed by atoms with Gasteiger partial charge in [-0.3, -0.25) is 4.79 Å². The van der Waals surface area contributed by atoms with Crippen molar-refractivity contribution in [2.75, 3.05) is 5.32 Å². The van der Waals surface area contributed by atoms with Crippen LogP contribution in [0.5, 0.6) is 0 Å². The van der Waals surface area contributed by atoms with Crippen molar-refractivity contribution in [3.63, 3.8) is 0 Å². The lowest BCUT2D eigenvalue weighted by molar-refractivity contribution is -0.123. The summed E-state index contributed by atoms with van der Waals surface area (Å²) >= 11 is 5.27. The minimum absolute atomic E-state index is 0.351. The number of rotatable bonds is 3. The molecule has 5 heteroatoms. The molecule has 1 aromatic carbocycles. The topological polar surface area (TPSA) is 49.3 Å². The second kappa shape index (κ2) is 5.23. The highest BCUT2D eigenvalue weighted by Gasteiger charge is 2.29. The van der Waals surface area contributed by atoms with Gasteiger partial charge in [0.1, 0.15) is 0 Å². The number of carbonyl (C=O) groups is 1. The van der Waals surface area contributed by atoms with Crippen LogP contribution in [-0.4, -0.2) is 16.3 Å². The number of carbonyl (C=O) groups excluding carboxylic acids is 1. The molecule has 2 rings (SSSR count). The summed E-state index contributed by atoms with van der Waals surface area (Å²) < 4.78 is 0.925. The molecule has 0 radical (unpaired) electrons. The highest BCUT2D eigenvalue weighted by atomic mass is 79.9. The van der Waals surface area contributed by atoms with Crippen LogP contribution in [0.2, 0.25) is 0 Å². The van der Waals surface area contributed by atoms with Gasteiger partial charge >= 0.3 is 0 Å². The number of nitrogens with one attached hydrogen (secondary N) is 1. The fraction of sp³-hybridized carbons (Fsp3) is 0.462. The molecule has 0 bridgehead atoms. The predicted octanol–water partition coefficient (Wildman–Crippen LogP) is 3.57. The van der Waals surface area contributed by atoms with Crippen molar-refractivity contribution in [1.29, 1.82) is 0 Å². The SMILES string of the molecule is CC(C)C(C)Sc1cc2c(cc1Br)C(O)C(=O)N2. The van der Waals surface area contributed by atoms with Crippen LogP contribution in [0.1, 0.15) is 32.4 Å². The van der Waals surface area contributed by atoms with E-state index >= 15 is 0 Å². The van der Waals surface area contributed by atoms with E-state index in [-0.39, 0.29) is 5.91 Å². The van der Waals surface area contributed by atoms with E-state index in [1.807, 2.05) is 12.1 Å². The molecule has 1 heterocycles. The van der Waals surface area contributed by atoms with Crippen molar-refractivity contribution < 1.29 is 9.90 Å². The monoisotopic (exact) mass is 329 g/mol. The number of halogens is 1. The van der Waals surface area contributed by atoms with Gasteiger partial charge in [0.15, 0.2) is 6.10 Å². The molecule has 2 unspecified atom stereocenters. The van der Waals surface area contributed by atoms with Crippen LogP contribution < -0.4 is 5.32 Å². The van der Waals surface area contributed by atoms with E-state index in [1.54, 1.807) is 11.8 Å². The minimum Gasteiger partial charge on any atom is -0.378 e. The van der Waals surface area contributed by atoms with Crippen molar-refractivity contribution >= 4 is 39.3 Å². The lowest BCUT2D eigenvalue weighted by atomic mass is 10.1. The number of hydrogen-bond acceptors (Lipinski definition) is 3. The Kier molecular flexibility index (Phi) is 4.04. The maximum Gasteiger partial charge on any atom is 0.257 e. The third-order valence-electron chi connectivity index (χ3n) is 3.16. The molecule has 98 valence electrons. The van der Waals surface area contributed by atoms with Crippen LogP contribution in [0, 0.1) is 5.92 Å². The Labute approximate surface area is 119 Å². The van der Waals surface area contributed by atoms with E-state index in [9.17, 15) is 9.90 Å². The van der Waals surface area contributed by atoms with Gasteiger partial charge in [0.05, 0.1) is 0 Å². The number of amides is 1. The first-order chi connectivity index (χ1) is 8.40. The summed E-state index contributed by atoms with van der Waals surface area (Å²) in [6.07, 6.45) is -1.04. The van der Waals surface area contributed by atoms with Crippen molar-refractivity contribution in [3.8, 4) is 0 Å². The molecule has 1 aromatic rings. The molecule has 1 amide bonds. The Bertz CT molecular complexity index is 490. The summed E-state index contributed by atoms with van der Waals surface area (Å²) in [5.41, 5.74) is 1.36. The zero-order chi connectivity index (χ0) is 13.4. The summed E-state index contributed by atoms with van der Waals surface area (Å²) in [4.78, 5) is 12.5. The Balaban J connectivity index is 2.30. The van der Waals surface area contributed by atoms with Gasteiger partial charge in [-0.25, -0.2) is 0 Å². The molecule has 0 aliphatic carbocycles. The molecule has 2 N–H and O–H groups in total. The molecule has 0 aromatic heterocycles. The molecule has 0 spiro atoms. The number of hydrogen-bond donors (Lipinski definition) is 2. The van der Waals surface area contributed by atoms with Gasteiger partial charge in [0, 0.05) is 25.9 Å². The van der Waals surface area contributed by atoms with E-state index in [2.05, 4.69) is 42.0 Å². The lowest BCUT2D eigenvalue weighted by Crippen LogP contribution is -2.10. The largest absolute Gasteiger partial charge is 0.378 e. The van der Waals surface area contributed by atoms with Crippen molar-refractivity contribution in [2.24, 2.45) is 5.92 Å². The molecule has 0 fully saturated rings. The molecule has 3 nitrogen and oxygen atoms in total. The highest BCUT2D eigenvalue weighted by Crippen LogP contribution is 2.41. The Hall–Kier alpha value is -0.520. The van der Waals surface area contributed by atoms with Crippen molar-refractivity contribution in [3.05, 3.63) is 22.2 Å². The number of aliphatic hydroxyl groups excluding tert-OH is 1. The van der Waals surface area contributed by atoms with Crippen LogP contribution in [0.25, 0.3) is 0 Å². The van der Waals surface area contributed by atoms with Gasteiger partial charge in [-0.2, -0.15) is 0 Å². The summed E-state index contributed by atoms with van der Waals surface area (Å²) in [5.74, 6) is 0.228. The summed E-state index contributed by atoms with van der Waals surface area (Å²) in [6.45, 7) is 6.55. The third kappa shape index (κ3) is 2.58. The van der Waals surface area contributed by atoms with Gasteiger partial charge < -0.3 is 10.4 Å². The molecule has 0 saturated heterocycles. The lowest BCUT2D eigenvalue weighted by Gasteiger charge is -2.16. The zero-order valence-electron chi connectivity index (χ0n) is 10.5. The average Bonchev–Trinajstić information content (AvgIpc) is 2.56. The summed E-state index contributed by atoms with van der Waals surface area (Å²) in [7, 11) is 0. The van der Waals surface area contributed by atoms with E-state index in [0.29, 0.717) is 22.4 Å². The van der Waals surface area contributed by atoms with Gasteiger partial charge in [0.2, 0.25) is 0 Å². The second-order valence-electron chi connectivity index (χ2n) is 4.83. The Morgan fingerprint density at radius 1 is 1.39 bits per heavy atom. The first kappa shape index (κ1) is 13.9. The van der Waals surface area contributed by atoms with Crippen molar-refractivity contribution in [2.45, 2.75) is 37.0 Å². The molecular weight excluding hydrogens is 314 g/mol. The highest BCUT2D eigenvalue weighted by molar-refractivity contribution is 9.10. The number of fused-ring (bicyclic) bond motifs is 1. The quantitative estimate of drug-likeness (QED) is 0.833. The Morgan fingerprint density at radius 3 is 2.67 bits per heavy atom. The predicted molar refractivity (Wildman–Crippen MR) is 77.9 cm³/mol. The number of anilines is 1. The first-order valence-corrected chi connectivity index (χ1v) is 7.56. The van der Waals surface area contributed by atoms with E-state index in [0.717, 1.165) is 9.37 Å². The third-order valence-corrected chi connectivity index (χ3v) is 5.58. The molecule has 1 aliphatic heterocycles. The van der Waals surface area contributed by atoms with E-state index in [1.165, 1.54) is 0 Å². The number of benzene rings is 1. The van der Waals surface area contributed by atoms with Gasteiger partial charge in [-0.05, 0) is 34.0 Å². The zero-order valence-corrected chi connectivity index (χ0v) is 12.9. The first-order valence-electron chi connectivity index (χ1n) is 5.89. The fourth-order valence-electron chi connectivity index (χ4n) is 1.67. The smallest absolute Gasteiger partial charge is 0.257 e. The Morgan fingerprint density at radius 2 is 2.06 bits per heavy atom. The van der Waals surface area contributed by atoms with Gasteiger partial charge in [-0.15, -0.1) is 11.8 Å². The van der Waals surface area contributed by atoms with Crippen LogP contribution in [0.15, 0.2) is 21.5 Å². The van der Waals surface area contributed by atoms with Crippen LogP contribution in [0.4, 0.5) is 5.69 Å². The van der Waals surface area contributed by atoms with Crippen LogP contribution >= 0.6 is 27.7 Å². The van der Waals surface area contributed by atoms with E-state index < -0.39 is 6.10 Å². The molecule has 2 atom stereocenters. The summed E-state index contributed by atoms with van der Waals surface area (Å²) in [6, 6.07) is 3.75.